The lowest BCUT2D eigenvalue weighted by Gasteiger charge is -2.07. The number of nitrogens with one attached hydrogen (secondary N) is 1. The predicted molar refractivity (Wildman–Crippen MR) is 116 cm³/mol. The molecule has 1 amide bonds. The molecule has 4 heteroatoms. The Hall–Kier alpha value is -1.03. The Morgan fingerprint density at radius 3 is 1.85 bits per heavy atom. The second-order valence-electron chi connectivity index (χ2n) is 6.87. The van der Waals surface area contributed by atoms with Crippen molar-refractivity contribution in [3.8, 4) is 0 Å². The highest BCUT2D eigenvalue weighted by Gasteiger charge is 2.11. The molecule has 26 heavy (non-hydrogen) atoms. The van der Waals surface area contributed by atoms with Crippen molar-refractivity contribution in [2.45, 2.75) is 96.1 Å². The Bertz CT molecular complexity index is 418. The summed E-state index contributed by atoms with van der Waals surface area (Å²) in [4.78, 5) is 23.7. The molecule has 0 aliphatic rings. The average Bonchev–Trinajstić information content (AvgIpc) is 2.64. The summed E-state index contributed by atoms with van der Waals surface area (Å²) in [5.74, 6) is -0.188. The molecule has 0 saturated heterocycles. The molecular weight excluding hydrogens is 342 g/mol. The molecule has 0 saturated carbocycles. The third-order valence-corrected chi connectivity index (χ3v) is 4.74. The first-order valence-electron chi connectivity index (χ1n) is 10.4. The van der Waals surface area contributed by atoms with E-state index in [9.17, 15) is 9.59 Å². The standard InChI is InChI=1S/C22H39NO2S/c1-3-5-7-9-11-13-15-17-20(24)21(26)19-23-22(25)18-16-14-12-10-8-6-4-2/h15-18,21,26H,3-14,19H2,1-2H3,(H,23,25)/b17-15+,18-16+. The van der Waals surface area contributed by atoms with Gasteiger partial charge in [0.1, 0.15) is 0 Å². The van der Waals surface area contributed by atoms with Gasteiger partial charge in [0.2, 0.25) is 5.91 Å². The number of hydrogen-bond donors (Lipinski definition) is 2. The molecule has 0 aliphatic heterocycles. The third-order valence-electron chi connectivity index (χ3n) is 4.30. The number of rotatable bonds is 17. The van der Waals surface area contributed by atoms with Crippen LogP contribution in [0.2, 0.25) is 0 Å². The molecular formula is C22H39NO2S. The summed E-state index contributed by atoms with van der Waals surface area (Å²) < 4.78 is 0. The van der Waals surface area contributed by atoms with E-state index in [1.165, 1.54) is 51.4 Å². The lowest BCUT2D eigenvalue weighted by atomic mass is 10.1. The van der Waals surface area contributed by atoms with E-state index in [1.54, 1.807) is 12.2 Å². The Kier molecular flexibility index (Phi) is 18.0. The summed E-state index contributed by atoms with van der Waals surface area (Å²) in [6, 6.07) is 0. The maximum absolute atomic E-state index is 11.9. The first kappa shape index (κ1) is 25.0. The molecule has 0 radical (unpaired) electrons. The van der Waals surface area contributed by atoms with Gasteiger partial charge in [-0.2, -0.15) is 12.6 Å². The highest BCUT2D eigenvalue weighted by molar-refractivity contribution is 7.81. The van der Waals surface area contributed by atoms with E-state index < -0.39 is 5.25 Å². The maximum Gasteiger partial charge on any atom is 0.243 e. The van der Waals surface area contributed by atoms with Crippen LogP contribution in [0.25, 0.3) is 0 Å². The van der Waals surface area contributed by atoms with Crippen LogP contribution in [0.5, 0.6) is 0 Å². The number of thiol groups is 1. The first-order chi connectivity index (χ1) is 12.6. The van der Waals surface area contributed by atoms with Crippen LogP contribution in [0.15, 0.2) is 24.3 Å². The van der Waals surface area contributed by atoms with E-state index in [1.807, 2.05) is 12.2 Å². The fourth-order valence-corrected chi connectivity index (χ4v) is 2.77. The zero-order valence-corrected chi connectivity index (χ0v) is 17.7. The molecule has 0 fully saturated rings. The van der Waals surface area contributed by atoms with Crippen LogP contribution in [-0.2, 0) is 9.59 Å². The predicted octanol–water partition coefficient (Wildman–Crippen LogP) is 5.80. The van der Waals surface area contributed by atoms with Crippen LogP contribution in [0.3, 0.4) is 0 Å². The van der Waals surface area contributed by atoms with Crippen molar-refractivity contribution >= 4 is 24.3 Å². The van der Waals surface area contributed by atoms with Gasteiger partial charge in [-0.15, -0.1) is 0 Å². The number of carbonyl (C=O) groups is 2. The number of unbranched alkanes of at least 4 members (excludes halogenated alkanes) is 10. The van der Waals surface area contributed by atoms with Crippen LogP contribution in [0, 0.1) is 0 Å². The molecule has 150 valence electrons. The Morgan fingerprint density at radius 2 is 1.31 bits per heavy atom. The van der Waals surface area contributed by atoms with Crippen molar-refractivity contribution in [1.82, 2.24) is 5.32 Å². The van der Waals surface area contributed by atoms with E-state index >= 15 is 0 Å². The van der Waals surface area contributed by atoms with Gasteiger partial charge < -0.3 is 5.32 Å². The van der Waals surface area contributed by atoms with E-state index in [2.05, 4.69) is 31.8 Å². The minimum absolute atomic E-state index is 0.0397. The quantitative estimate of drug-likeness (QED) is 0.190. The van der Waals surface area contributed by atoms with Gasteiger partial charge in [0.15, 0.2) is 5.78 Å². The van der Waals surface area contributed by atoms with Crippen LogP contribution in [-0.4, -0.2) is 23.5 Å². The van der Waals surface area contributed by atoms with Crippen LogP contribution in [0.4, 0.5) is 0 Å². The topological polar surface area (TPSA) is 46.2 Å². The van der Waals surface area contributed by atoms with Crippen molar-refractivity contribution in [3.05, 3.63) is 24.3 Å². The molecule has 0 bridgehead atoms. The van der Waals surface area contributed by atoms with E-state index in [0.717, 1.165) is 25.7 Å². The fraction of sp³-hybridized carbons (Fsp3) is 0.727. The van der Waals surface area contributed by atoms with Gasteiger partial charge in [-0.1, -0.05) is 77.4 Å². The van der Waals surface area contributed by atoms with Crippen molar-refractivity contribution in [2.24, 2.45) is 0 Å². The smallest absolute Gasteiger partial charge is 0.243 e. The van der Waals surface area contributed by atoms with Gasteiger partial charge in [0.05, 0.1) is 5.25 Å². The molecule has 0 spiro atoms. The van der Waals surface area contributed by atoms with E-state index in [0.29, 0.717) is 0 Å². The molecule has 0 aromatic heterocycles. The van der Waals surface area contributed by atoms with Gasteiger partial charge in [-0.05, 0) is 37.8 Å². The Labute approximate surface area is 166 Å². The van der Waals surface area contributed by atoms with E-state index in [-0.39, 0.29) is 18.2 Å². The number of hydrogen-bond acceptors (Lipinski definition) is 3. The lowest BCUT2D eigenvalue weighted by Crippen LogP contribution is -2.32. The van der Waals surface area contributed by atoms with Gasteiger partial charge in [-0.25, -0.2) is 0 Å². The summed E-state index contributed by atoms with van der Waals surface area (Å²) in [6.45, 7) is 4.67. The molecule has 0 aromatic carbocycles. The minimum Gasteiger partial charge on any atom is -0.351 e. The highest BCUT2D eigenvalue weighted by atomic mass is 32.1. The zero-order chi connectivity index (χ0) is 19.5. The number of amides is 1. The Balaban J connectivity index is 3.75. The number of carbonyl (C=O) groups excluding carboxylic acids is 2. The second-order valence-corrected chi connectivity index (χ2v) is 7.50. The molecule has 1 atom stereocenters. The second kappa shape index (κ2) is 18.8. The van der Waals surface area contributed by atoms with Gasteiger partial charge >= 0.3 is 0 Å². The van der Waals surface area contributed by atoms with Gasteiger partial charge in [0, 0.05) is 6.54 Å². The lowest BCUT2D eigenvalue weighted by molar-refractivity contribution is -0.116. The van der Waals surface area contributed by atoms with Crippen LogP contribution in [0.1, 0.15) is 90.9 Å². The van der Waals surface area contributed by atoms with E-state index in [4.69, 9.17) is 0 Å². The zero-order valence-electron chi connectivity index (χ0n) is 16.8. The van der Waals surface area contributed by atoms with Crippen molar-refractivity contribution in [2.75, 3.05) is 6.54 Å². The molecule has 0 aliphatic carbocycles. The molecule has 1 N–H and O–H groups in total. The van der Waals surface area contributed by atoms with Crippen molar-refractivity contribution in [1.29, 1.82) is 0 Å². The summed E-state index contributed by atoms with van der Waals surface area (Å²) in [7, 11) is 0. The normalized spacial score (nSPS) is 12.7. The number of allylic oxidation sites excluding steroid dienone is 3. The van der Waals surface area contributed by atoms with Crippen molar-refractivity contribution in [3.63, 3.8) is 0 Å². The maximum atomic E-state index is 11.9. The Morgan fingerprint density at radius 1 is 0.808 bits per heavy atom. The van der Waals surface area contributed by atoms with Crippen LogP contribution >= 0.6 is 12.6 Å². The fourth-order valence-electron chi connectivity index (χ4n) is 2.59. The molecule has 1 unspecified atom stereocenters. The third kappa shape index (κ3) is 16.4. The SMILES string of the molecule is CCCCCCC/C=C/C(=O)NCC(S)C(=O)/C=C/CCCCCCC. The summed E-state index contributed by atoms with van der Waals surface area (Å²) >= 11 is 4.29. The largest absolute Gasteiger partial charge is 0.351 e. The first-order valence-corrected chi connectivity index (χ1v) is 11.0. The summed E-state index contributed by atoms with van der Waals surface area (Å²) in [5.41, 5.74) is 0. The molecule has 0 rings (SSSR count). The molecule has 0 aromatic rings. The van der Waals surface area contributed by atoms with Gasteiger partial charge in [0.25, 0.3) is 0 Å². The molecule has 3 nitrogen and oxygen atoms in total. The number of ketones is 1. The van der Waals surface area contributed by atoms with Gasteiger partial charge in [-0.3, -0.25) is 9.59 Å². The van der Waals surface area contributed by atoms with Crippen molar-refractivity contribution < 1.29 is 9.59 Å². The monoisotopic (exact) mass is 381 g/mol. The highest BCUT2D eigenvalue weighted by Crippen LogP contribution is 2.07. The molecule has 0 heterocycles. The average molecular weight is 382 g/mol. The summed E-state index contributed by atoms with van der Waals surface area (Å²) in [6.07, 6.45) is 21.2. The minimum atomic E-state index is -0.474. The summed E-state index contributed by atoms with van der Waals surface area (Å²) in [5, 5.41) is 2.27. The van der Waals surface area contributed by atoms with Crippen LogP contribution < -0.4 is 5.32 Å².